The lowest BCUT2D eigenvalue weighted by atomic mass is 10.2. The summed E-state index contributed by atoms with van der Waals surface area (Å²) < 4.78 is 10.9. The van der Waals surface area contributed by atoms with Crippen LogP contribution in [0.3, 0.4) is 0 Å². The fourth-order valence-corrected chi connectivity index (χ4v) is 5.79. The first kappa shape index (κ1) is 30.1. The Morgan fingerprint density at radius 2 is 1.17 bits per heavy atom. The standard InChI is InChI=1S/C22H34N4O8S2.2H2/c1-13(19(23)29)11-35-15-9-17(27)25(21(15)31)3-5-33-7-8-34-6-4-26-18(28)10-16(22(26)32)36-12-14(2)20(24)30;;/h13-16H,3-12H2,1-2H3,(H2,23,29)(H2,24,30);2*1H. The minimum absolute atomic E-state index is 0. The molecule has 4 unspecified atom stereocenters. The van der Waals surface area contributed by atoms with Crippen molar-refractivity contribution in [3.8, 4) is 0 Å². The summed E-state index contributed by atoms with van der Waals surface area (Å²) in [5.74, 6) is -2.02. The van der Waals surface area contributed by atoms with Gasteiger partial charge in [0.15, 0.2) is 0 Å². The second-order valence-electron chi connectivity index (χ2n) is 8.65. The van der Waals surface area contributed by atoms with Crippen LogP contribution in [0, 0.1) is 11.8 Å². The van der Waals surface area contributed by atoms with E-state index in [4.69, 9.17) is 20.9 Å². The first-order chi connectivity index (χ1) is 17.0. The van der Waals surface area contributed by atoms with E-state index in [9.17, 15) is 28.8 Å². The Bertz CT molecular complexity index is 801. The normalized spacial score (nSPS) is 21.9. The first-order valence-corrected chi connectivity index (χ1v) is 13.8. The van der Waals surface area contributed by atoms with E-state index in [-0.39, 0.29) is 90.7 Å². The lowest BCUT2D eigenvalue weighted by molar-refractivity contribution is -0.141. The van der Waals surface area contributed by atoms with E-state index >= 15 is 0 Å². The zero-order valence-electron chi connectivity index (χ0n) is 20.5. The van der Waals surface area contributed by atoms with Crippen molar-refractivity contribution in [2.45, 2.75) is 37.2 Å². The summed E-state index contributed by atoms with van der Waals surface area (Å²) in [6, 6.07) is 0. The van der Waals surface area contributed by atoms with Crippen LogP contribution < -0.4 is 11.5 Å². The van der Waals surface area contributed by atoms with Crippen LogP contribution in [-0.2, 0) is 38.2 Å². The molecule has 0 spiro atoms. The zero-order valence-corrected chi connectivity index (χ0v) is 22.1. The van der Waals surface area contributed by atoms with Gasteiger partial charge in [0.1, 0.15) is 0 Å². The van der Waals surface area contributed by atoms with Gasteiger partial charge in [-0.25, -0.2) is 0 Å². The Hall–Kier alpha value is -2.16. The maximum atomic E-state index is 12.4. The molecule has 0 saturated carbocycles. The predicted octanol–water partition coefficient (Wildman–Crippen LogP) is -0.524. The number of primary amides is 2. The van der Waals surface area contributed by atoms with Crippen molar-refractivity contribution < 1.29 is 41.1 Å². The van der Waals surface area contributed by atoms with Gasteiger partial charge in [-0.3, -0.25) is 38.6 Å². The van der Waals surface area contributed by atoms with Crippen LogP contribution in [-0.4, -0.2) is 107 Å². The molecule has 2 heterocycles. The molecule has 2 rings (SSSR count). The van der Waals surface area contributed by atoms with Gasteiger partial charge in [-0.1, -0.05) is 13.8 Å². The summed E-state index contributed by atoms with van der Waals surface area (Å²) >= 11 is 2.52. The summed E-state index contributed by atoms with van der Waals surface area (Å²) in [5.41, 5.74) is 10.4. The third-order valence-corrected chi connectivity index (χ3v) is 8.69. The molecule has 0 aromatic heterocycles. The number of nitrogens with zero attached hydrogens (tertiary/aromatic N) is 2. The summed E-state index contributed by atoms with van der Waals surface area (Å²) in [6.45, 7) is 4.36. The molecule has 0 aliphatic carbocycles. The number of likely N-dealkylation sites (tertiary alicyclic amines) is 2. The lowest BCUT2D eigenvalue weighted by Gasteiger charge is -2.16. The van der Waals surface area contributed by atoms with Crippen molar-refractivity contribution in [3.63, 3.8) is 0 Å². The van der Waals surface area contributed by atoms with Crippen molar-refractivity contribution in [2.24, 2.45) is 23.3 Å². The molecule has 4 N–H and O–H groups in total. The van der Waals surface area contributed by atoms with Crippen molar-refractivity contribution in [2.75, 3.05) is 51.0 Å². The van der Waals surface area contributed by atoms with E-state index in [0.717, 1.165) is 9.80 Å². The van der Waals surface area contributed by atoms with Crippen LogP contribution in [0.5, 0.6) is 0 Å². The number of carbonyl (C=O) groups is 6. The number of hydrogen-bond acceptors (Lipinski definition) is 10. The highest BCUT2D eigenvalue weighted by atomic mass is 32.2. The van der Waals surface area contributed by atoms with E-state index in [2.05, 4.69) is 0 Å². The third-order valence-electron chi connectivity index (χ3n) is 5.76. The van der Waals surface area contributed by atoms with Crippen molar-refractivity contribution in [3.05, 3.63) is 0 Å². The van der Waals surface area contributed by atoms with Gasteiger partial charge >= 0.3 is 0 Å². The summed E-state index contributed by atoms with van der Waals surface area (Å²) in [6.07, 6.45) is 0.186. The highest BCUT2D eigenvalue weighted by molar-refractivity contribution is 8.00. The largest absolute Gasteiger partial charge is 0.377 e. The van der Waals surface area contributed by atoms with E-state index in [0.29, 0.717) is 11.5 Å². The number of amides is 6. The molecule has 2 aliphatic heterocycles. The Labute approximate surface area is 221 Å². The van der Waals surface area contributed by atoms with Gasteiger partial charge in [0.05, 0.1) is 50.0 Å². The molecule has 2 fully saturated rings. The maximum absolute atomic E-state index is 12.4. The number of imide groups is 2. The average Bonchev–Trinajstić information content (AvgIpc) is 3.25. The van der Waals surface area contributed by atoms with Crippen LogP contribution in [0.1, 0.15) is 29.5 Å². The van der Waals surface area contributed by atoms with Gasteiger partial charge in [-0.15, -0.1) is 23.5 Å². The lowest BCUT2D eigenvalue weighted by Crippen LogP contribution is -2.35. The van der Waals surface area contributed by atoms with Gasteiger partial charge in [0.25, 0.3) is 0 Å². The fraction of sp³-hybridized carbons (Fsp3) is 0.727. The number of nitrogens with two attached hydrogens (primary N) is 2. The molecule has 0 aromatic rings. The second-order valence-corrected chi connectivity index (χ2v) is 11.1. The Kier molecular flexibility index (Phi) is 12.1. The smallest absolute Gasteiger partial charge is 0.242 e. The minimum atomic E-state index is -0.511. The Balaban J connectivity index is 0.00000684. The molecule has 206 valence electrons. The molecule has 0 aromatic carbocycles. The van der Waals surface area contributed by atoms with Crippen LogP contribution >= 0.6 is 23.5 Å². The Morgan fingerprint density at radius 3 is 1.50 bits per heavy atom. The maximum Gasteiger partial charge on any atom is 0.242 e. The summed E-state index contributed by atoms with van der Waals surface area (Å²) in [5, 5.41) is -1.02. The number of ether oxygens (including phenoxy) is 2. The van der Waals surface area contributed by atoms with Crippen LogP contribution in [0.15, 0.2) is 0 Å². The predicted molar refractivity (Wildman–Crippen MR) is 138 cm³/mol. The molecule has 2 saturated heterocycles. The van der Waals surface area contributed by atoms with Gasteiger partial charge in [0.2, 0.25) is 35.4 Å². The molecule has 6 amide bonds. The molecule has 36 heavy (non-hydrogen) atoms. The molecule has 14 heteroatoms. The molecule has 0 bridgehead atoms. The number of thioether (sulfide) groups is 2. The van der Waals surface area contributed by atoms with Gasteiger partial charge in [-0.05, 0) is 0 Å². The number of rotatable bonds is 17. The molecular weight excluding hydrogens is 512 g/mol. The van der Waals surface area contributed by atoms with Gasteiger partial charge in [0, 0.05) is 39.0 Å². The average molecular weight is 551 g/mol. The first-order valence-electron chi connectivity index (χ1n) is 11.7. The van der Waals surface area contributed by atoms with Crippen molar-refractivity contribution in [1.82, 2.24) is 9.80 Å². The molecule has 12 nitrogen and oxygen atoms in total. The second kappa shape index (κ2) is 14.5. The van der Waals surface area contributed by atoms with Gasteiger partial charge < -0.3 is 20.9 Å². The molecule has 2 aliphatic rings. The highest BCUT2D eigenvalue weighted by Crippen LogP contribution is 2.27. The van der Waals surface area contributed by atoms with Crippen LogP contribution in [0.4, 0.5) is 0 Å². The number of carbonyl (C=O) groups excluding carboxylic acids is 6. The van der Waals surface area contributed by atoms with Gasteiger partial charge in [-0.2, -0.15) is 0 Å². The van der Waals surface area contributed by atoms with E-state index in [1.54, 1.807) is 13.8 Å². The third kappa shape index (κ3) is 8.75. The SMILES string of the molecule is CC(CSC1CC(=O)N(CCOCCOCCN2C(=O)CC(SCC(C)C(N)=O)C2=O)C1=O)C(N)=O.[HH].[HH]. The highest BCUT2D eigenvalue weighted by Gasteiger charge is 2.39. The molecule has 0 radical (unpaired) electrons. The quantitative estimate of drug-likeness (QED) is 0.177. The summed E-state index contributed by atoms with van der Waals surface area (Å²) in [7, 11) is 0. The topological polar surface area (TPSA) is 179 Å². The Morgan fingerprint density at radius 1 is 0.806 bits per heavy atom. The van der Waals surface area contributed by atoms with Crippen molar-refractivity contribution >= 4 is 59.0 Å². The van der Waals surface area contributed by atoms with Crippen LogP contribution in [0.2, 0.25) is 0 Å². The number of hydrogen-bond donors (Lipinski definition) is 2. The fourth-order valence-electron chi connectivity index (χ4n) is 3.35. The molecule has 4 atom stereocenters. The molecular formula is C22H38N4O8S2. The summed E-state index contributed by atoms with van der Waals surface area (Å²) in [4.78, 5) is 73.7. The van der Waals surface area contributed by atoms with E-state index in [1.807, 2.05) is 0 Å². The van der Waals surface area contributed by atoms with Crippen LogP contribution in [0.25, 0.3) is 0 Å². The minimum Gasteiger partial charge on any atom is -0.377 e. The zero-order chi connectivity index (χ0) is 26.8. The van der Waals surface area contributed by atoms with Crippen molar-refractivity contribution in [1.29, 1.82) is 0 Å². The van der Waals surface area contributed by atoms with E-state index in [1.165, 1.54) is 23.5 Å². The van der Waals surface area contributed by atoms with E-state index < -0.39 is 22.3 Å². The monoisotopic (exact) mass is 550 g/mol.